The van der Waals surface area contributed by atoms with Crippen LogP contribution in [0, 0.1) is 10.8 Å². The number of nitrogens with zero attached hydrogens (tertiary/aromatic N) is 1. The van der Waals surface area contributed by atoms with Crippen LogP contribution in [0.3, 0.4) is 0 Å². The van der Waals surface area contributed by atoms with E-state index in [0.717, 1.165) is 0 Å². The zero-order valence-corrected chi connectivity index (χ0v) is 37.8. The van der Waals surface area contributed by atoms with Gasteiger partial charge < -0.3 is 62.2 Å². The van der Waals surface area contributed by atoms with Crippen LogP contribution in [0.4, 0.5) is 0 Å². The summed E-state index contributed by atoms with van der Waals surface area (Å²) in [6.07, 6.45) is 1.10. The second-order valence-corrected chi connectivity index (χ2v) is 15.5. The van der Waals surface area contributed by atoms with Crippen LogP contribution in [-0.2, 0) is 71.2 Å². The maximum Gasteiger partial charge on any atom is 0.222 e. The lowest BCUT2D eigenvalue weighted by atomic mass is 9.89. The number of Topliss-reactive ketones (excluding diaryl/α,β-unsaturated/α-hetero) is 2. The van der Waals surface area contributed by atoms with Gasteiger partial charge in [-0.15, -0.1) is 0 Å². The molecule has 0 bridgehead atoms. The van der Waals surface area contributed by atoms with Crippen LogP contribution >= 0.6 is 0 Å². The van der Waals surface area contributed by atoms with Gasteiger partial charge in [0.05, 0.1) is 152 Å². The molecule has 0 aromatic rings. The van der Waals surface area contributed by atoms with Gasteiger partial charge in [0, 0.05) is 63.4 Å². The Balaban J connectivity index is 4.08. The van der Waals surface area contributed by atoms with Crippen molar-refractivity contribution in [3.05, 3.63) is 0 Å². The van der Waals surface area contributed by atoms with Crippen LogP contribution in [0.2, 0.25) is 0 Å². The first-order valence-electron chi connectivity index (χ1n) is 21.3. The fourth-order valence-corrected chi connectivity index (χ4v) is 4.60. The van der Waals surface area contributed by atoms with Crippen molar-refractivity contribution in [2.24, 2.45) is 10.8 Å². The van der Waals surface area contributed by atoms with Gasteiger partial charge >= 0.3 is 0 Å². The highest BCUT2D eigenvalue weighted by molar-refractivity contribution is 5.84. The zero-order chi connectivity index (χ0) is 43.7. The summed E-state index contributed by atoms with van der Waals surface area (Å²) in [4.78, 5) is 38.0. The quantitative estimate of drug-likeness (QED) is 0.0884. The van der Waals surface area contributed by atoms with E-state index in [1.807, 2.05) is 41.5 Å². The van der Waals surface area contributed by atoms with E-state index in [1.165, 1.54) is 0 Å². The van der Waals surface area contributed by atoms with Crippen LogP contribution in [0.15, 0.2) is 0 Å². The van der Waals surface area contributed by atoms with Gasteiger partial charge in [-0.1, -0.05) is 41.5 Å². The monoisotopic (exact) mass is 855 g/mol. The maximum absolute atomic E-state index is 12.0. The first-order chi connectivity index (χ1) is 28.4. The second kappa shape index (κ2) is 40.4. The van der Waals surface area contributed by atoms with Crippen molar-refractivity contribution in [1.82, 2.24) is 10.2 Å². The minimum atomic E-state index is -0.343. The average Bonchev–Trinajstić information content (AvgIpc) is 3.19. The Bertz CT molecular complexity index is 931. The molecule has 0 saturated heterocycles. The number of ether oxygens (including phenoxy) is 12. The summed E-state index contributed by atoms with van der Waals surface area (Å²) in [7, 11) is 1.62. The van der Waals surface area contributed by atoms with Crippen LogP contribution in [0.1, 0.15) is 60.8 Å². The van der Waals surface area contributed by atoms with E-state index in [1.54, 1.807) is 7.11 Å². The standard InChI is InChI=1S/C42H82N2O15/c1-41(2,3)38(45)8-15-49-24-32-57-35-28-53-19-12-44(13-20-54-29-36-58-33-25-50-16-9-39(46)42(4,5)6)14-21-55-30-37-59-34-27-52-18-11-43-40(47)10-17-51-26-31-56-23-22-48-7/h8-37H2,1-7H3,(H,43,47). The summed E-state index contributed by atoms with van der Waals surface area (Å²) < 4.78 is 66.3. The molecular formula is C42H82N2O15. The lowest BCUT2D eigenvalue weighted by Crippen LogP contribution is -2.34. The van der Waals surface area contributed by atoms with E-state index in [-0.39, 0.29) is 34.7 Å². The zero-order valence-electron chi connectivity index (χ0n) is 37.8. The van der Waals surface area contributed by atoms with Crippen molar-refractivity contribution in [3.8, 4) is 0 Å². The number of carbonyl (C=O) groups is 3. The third-order valence-corrected chi connectivity index (χ3v) is 8.35. The third-order valence-electron chi connectivity index (χ3n) is 8.35. The highest BCUT2D eigenvalue weighted by Crippen LogP contribution is 2.17. The normalized spacial score (nSPS) is 12.1. The molecule has 0 aromatic heterocycles. The Morgan fingerprint density at radius 2 is 0.644 bits per heavy atom. The van der Waals surface area contributed by atoms with Gasteiger partial charge in [0.15, 0.2) is 0 Å². The molecule has 0 aliphatic heterocycles. The SMILES string of the molecule is COCCOCCOCCC(=O)NCCOCCOCCOCCN(CCOCCOCCOCCC(=O)C(C)(C)C)CCOCCOCCOCCC(=O)C(C)(C)C. The Hall–Kier alpha value is -1.71. The van der Waals surface area contributed by atoms with E-state index in [9.17, 15) is 14.4 Å². The number of methoxy groups -OCH3 is 1. The molecule has 1 amide bonds. The molecule has 0 unspecified atom stereocenters. The van der Waals surface area contributed by atoms with E-state index < -0.39 is 0 Å². The highest BCUT2D eigenvalue weighted by Gasteiger charge is 2.21. The Morgan fingerprint density at radius 3 is 0.966 bits per heavy atom. The van der Waals surface area contributed by atoms with Crippen molar-refractivity contribution >= 4 is 17.5 Å². The Morgan fingerprint density at radius 1 is 0.373 bits per heavy atom. The average molecular weight is 855 g/mol. The van der Waals surface area contributed by atoms with E-state index in [2.05, 4.69) is 10.2 Å². The van der Waals surface area contributed by atoms with Gasteiger partial charge in [-0.3, -0.25) is 19.3 Å². The molecule has 1 N–H and O–H groups in total. The summed E-state index contributed by atoms with van der Waals surface area (Å²) in [6, 6.07) is 0. The van der Waals surface area contributed by atoms with E-state index in [0.29, 0.717) is 191 Å². The third kappa shape index (κ3) is 41.4. The van der Waals surface area contributed by atoms with Gasteiger partial charge in [0.25, 0.3) is 0 Å². The minimum Gasteiger partial charge on any atom is -0.382 e. The molecule has 0 fully saturated rings. The first kappa shape index (κ1) is 57.3. The van der Waals surface area contributed by atoms with Crippen molar-refractivity contribution in [3.63, 3.8) is 0 Å². The molecule has 0 saturated carbocycles. The van der Waals surface area contributed by atoms with Crippen LogP contribution in [0.25, 0.3) is 0 Å². The first-order valence-corrected chi connectivity index (χ1v) is 21.3. The Kier molecular flexibility index (Phi) is 39.2. The summed E-state index contributed by atoms with van der Waals surface area (Å²) in [5.41, 5.74) is -0.686. The lowest BCUT2D eigenvalue weighted by Gasteiger charge is -2.22. The number of hydrogen-bond donors (Lipinski definition) is 1. The van der Waals surface area contributed by atoms with Gasteiger partial charge in [-0.2, -0.15) is 0 Å². The molecule has 17 nitrogen and oxygen atoms in total. The Labute approximate surface area is 355 Å². The van der Waals surface area contributed by atoms with Crippen LogP contribution < -0.4 is 5.32 Å². The predicted molar refractivity (Wildman–Crippen MR) is 223 cm³/mol. The molecule has 0 aliphatic rings. The number of rotatable bonds is 45. The minimum absolute atomic E-state index is 0.0855. The predicted octanol–water partition coefficient (Wildman–Crippen LogP) is 2.63. The van der Waals surface area contributed by atoms with E-state index >= 15 is 0 Å². The lowest BCUT2D eigenvalue weighted by molar-refractivity contribution is -0.128. The summed E-state index contributed by atoms with van der Waals surface area (Å²) >= 11 is 0. The number of ketones is 2. The molecule has 350 valence electrons. The van der Waals surface area contributed by atoms with Gasteiger partial charge in [-0.25, -0.2) is 0 Å². The second-order valence-electron chi connectivity index (χ2n) is 15.5. The summed E-state index contributed by atoms with van der Waals surface area (Å²) in [5, 5.41) is 2.80. The number of amides is 1. The molecule has 0 aliphatic carbocycles. The fourth-order valence-electron chi connectivity index (χ4n) is 4.60. The highest BCUT2D eigenvalue weighted by atomic mass is 16.6. The summed E-state index contributed by atoms with van der Waals surface area (Å²) in [6.45, 7) is 24.5. The molecule has 0 heterocycles. The molecule has 17 heteroatoms. The van der Waals surface area contributed by atoms with Gasteiger partial charge in [0.2, 0.25) is 5.91 Å². The smallest absolute Gasteiger partial charge is 0.222 e. The number of nitrogens with one attached hydrogen (secondary N) is 1. The van der Waals surface area contributed by atoms with Crippen molar-refractivity contribution in [2.75, 3.05) is 185 Å². The maximum atomic E-state index is 12.0. The molecule has 0 spiro atoms. The van der Waals surface area contributed by atoms with Gasteiger partial charge in [-0.05, 0) is 0 Å². The van der Waals surface area contributed by atoms with Crippen molar-refractivity contribution in [2.45, 2.75) is 60.8 Å². The molecule has 0 atom stereocenters. The number of carbonyl (C=O) groups excluding carboxylic acids is 3. The number of hydrogen-bond acceptors (Lipinski definition) is 16. The molecular weight excluding hydrogens is 772 g/mol. The van der Waals surface area contributed by atoms with Crippen LogP contribution in [0.5, 0.6) is 0 Å². The fraction of sp³-hybridized carbons (Fsp3) is 0.929. The molecule has 0 rings (SSSR count). The topological polar surface area (TPSA) is 177 Å². The molecule has 0 radical (unpaired) electrons. The van der Waals surface area contributed by atoms with Crippen LogP contribution in [-0.4, -0.2) is 208 Å². The largest absolute Gasteiger partial charge is 0.382 e. The van der Waals surface area contributed by atoms with Gasteiger partial charge in [0.1, 0.15) is 11.6 Å². The van der Waals surface area contributed by atoms with Crippen molar-refractivity contribution in [1.29, 1.82) is 0 Å². The molecule has 0 aromatic carbocycles. The van der Waals surface area contributed by atoms with Crippen molar-refractivity contribution < 1.29 is 71.2 Å². The van der Waals surface area contributed by atoms with E-state index in [4.69, 9.17) is 56.8 Å². The summed E-state index contributed by atoms with van der Waals surface area (Å²) in [5.74, 6) is 0.288. The molecule has 59 heavy (non-hydrogen) atoms.